The summed E-state index contributed by atoms with van der Waals surface area (Å²) >= 11 is 0. The molecule has 4 heterocycles. The van der Waals surface area contributed by atoms with Gasteiger partial charge >= 0.3 is 6.01 Å². The molecule has 0 radical (unpaired) electrons. The lowest BCUT2D eigenvalue weighted by Crippen LogP contribution is -2.46. The van der Waals surface area contributed by atoms with E-state index >= 15 is 0 Å². The Morgan fingerprint density at radius 2 is 1.79 bits per heavy atom. The van der Waals surface area contributed by atoms with E-state index in [0.29, 0.717) is 47.7 Å². The van der Waals surface area contributed by atoms with Crippen LogP contribution in [-0.2, 0) is 4.74 Å². The van der Waals surface area contributed by atoms with Gasteiger partial charge in [-0.2, -0.15) is 15.0 Å². The number of pyridine rings is 1. The summed E-state index contributed by atoms with van der Waals surface area (Å²) in [6.45, 7) is 1.30. The fourth-order valence-electron chi connectivity index (χ4n) is 4.16. The molecule has 170 valence electrons. The number of hydrogen-bond donors (Lipinski definition) is 1. The van der Waals surface area contributed by atoms with E-state index in [4.69, 9.17) is 20.2 Å². The van der Waals surface area contributed by atoms with E-state index in [1.807, 2.05) is 6.07 Å². The number of nitrogens with two attached hydrogens (primary N) is 1. The number of anilines is 2. The molecule has 10 nitrogen and oxygen atoms in total. The highest BCUT2D eigenvalue weighted by molar-refractivity contribution is 5.93. The number of ether oxygens (including phenoxy) is 2. The van der Waals surface area contributed by atoms with Crippen LogP contribution in [0.3, 0.4) is 0 Å². The molecule has 0 aliphatic carbocycles. The van der Waals surface area contributed by atoms with Crippen LogP contribution in [0.25, 0.3) is 11.4 Å². The second kappa shape index (κ2) is 8.62. The van der Waals surface area contributed by atoms with Crippen LogP contribution in [0.2, 0.25) is 0 Å². The fraction of sp³-hybridized carbons (Fsp3) is 0.348. The third-order valence-corrected chi connectivity index (χ3v) is 5.84. The lowest BCUT2D eigenvalue weighted by Gasteiger charge is -2.34. The predicted molar refractivity (Wildman–Crippen MR) is 122 cm³/mol. The van der Waals surface area contributed by atoms with Gasteiger partial charge in [0, 0.05) is 31.4 Å². The summed E-state index contributed by atoms with van der Waals surface area (Å²) in [5, 5.41) is 0. The van der Waals surface area contributed by atoms with Gasteiger partial charge in [0.1, 0.15) is 11.6 Å². The molecule has 2 N–H and O–H groups in total. The number of benzene rings is 1. The summed E-state index contributed by atoms with van der Waals surface area (Å²) < 4.78 is 11.7. The van der Waals surface area contributed by atoms with Crippen molar-refractivity contribution in [2.75, 3.05) is 37.9 Å². The highest BCUT2D eigenvalue weighted by Gasteiger charge is 2.39. The van der Waals surface area contributed by atoms with Gasteiger partial charge in [-0.1, -0.05) is 0 Å². The first kappa shape index (κ1) is 21.1. The highest BCUT2D eigenvalue weighted by Crippen LogP contribution is 2.34. The molecule has 5 rings (SSSR count). The second-order valence-corrected chi connectivity index (χ2v) is 8.37. The van der Waals surface area contributed by atoms with Crippen molar-refractivity contribution in [1.29, 1.82) is 0 Å². The average molecular weight is 447 g/mol. The number of aromatic nitrogens is 4. The van der Waals surface area contributed by atoms with Crippen LogP contribution < -0.4 is 15.4 Å². The van der Waals surface area contributed by atoms with Gasteiger partial charge in [0.05, 0.1) is 25.3 Å². The monoisotopic (exact) mass is 447 g/mol. The third-order valence-electron chi connectivity index (χ3n) is 5.84. The summed E-state index contributed by atoms with van der Waals surface area (Å²) in [5.41, 5.74) is 7.03. The van der Waals surface area contributed by atoms with Crippen LogP contribution in [0.1, 0.15) is 23.2 Å². The number of fused-ring (bicyclic) bond motifs is 2. The molecule has 3 aromatic rings. The Balaban J connectivity index is 1.49. The molecule has 2 atom stereocenters. The minimum atomic E-state index is -0.0788. The molecule has 1 aromatic carbocycles. The molecule has 0 unspecified atom stereocenters. The van der Waals surface area contributed by atoms with Crippen molar-refractivity contribution in [1.82, 2.24) is 24.8 Å². The zero-order chi connectivity index (χ0) is 22.9. The van der Waals surface area contributed by atoms with Gasteiger partial charge in [-0.3, -0.25) is 4.79 Å². The summed E-state index contributed by atoms with van der Waals surface area (Å²) in [7, 11) is 3.43. The van der Waals surface area contributed by atoms with E-state index < -0.39 is 0 Å². The first-order valence-corrected chi connectivity index (χ1v) is 10.8. The van der Waals surface area contributed by atoms with Gasteiger partial charge in [0.2, 0.25) is 5.95 Å². The predicted octanol–water partition coefficient (Wildman–Crippen LogP) is 2.38. The van der Waals surface area contributed by atoms with E-state index in [1.54, 1.807) is 50.6 Å². The van der Waals surface area contributed by atoms with Crippen LogP contribution in [0.5, 0.6) is 11.8 Å². The zero-order valence-corrected chi connectivity index (χ0v) is 18.5. The lowest BCUT2D eigenvalue weighted by atomic mass is 10.2. The molecular formula is C23H25N7O3. The van der Waals surface area contributed by atoms with E-state index in [9.17, 15) is 4.79 Å². The maximum Gasteiger partial charge on any atom is 0.327 e. The number of hydrogen-bond acceptors (Lipinski definition) is 9. The molecule has 10 heteroatoms. The van der Waals surface area contributed by atoms with Crippen molar-refractivity contribution in [3.8, 4) is 23.1 Å². The van der Waals surface area contributed by atoms with Crippen LogP contribution in [0, 0.1) is 0 Å². The van der Waals surface area contributed by atoms with Gasteiger partial charge in [0.15, 0.2) is 5.82 Å². The molecule has 0 spiro atoms. The van der Waals surface area contributed by atoms with Crippen LogP contribution >= 0.6 is 0 Å². The Labute approximate surface area is 191 Å². The molecule has 2 fully saturated rings. The molecule has 2 aliphatic heterocycles. The molecule has 2 saturated heterocycles. The first-order valence-electron chi connectivity index (χ1n) is 10.8. The van der Waals surface area contributed by atoms with Crippen LogP contribution in [-0.4, -0.2) is 70.1 Å². The number of carbonyl (C=O) groups is 1. The Hall–Kier alpha value is -3.79. The van der Waals surface area contributed by atoms with Gasteiger partial charge in [-0.05, 0) is 49.2 Å². The average Bonchev–Trinajstić information content (AvgIpc) is 3.07. The number of nitrogen functional groups attached to an aromatic ring is 1. The first-order chi connectivity index (χ1) is 16.0. The highest BCUT2D eigenvalue weighted by atomic mass is 16.5. The molecule has 1 amide bonds. The number of rotatable bonds is 5. The Morgan fingerprint density at radius 1 is 1.06 bits per heavy atom. The van der Waals surface area contributed by atoms with E-state index in [-0.39, 0.29) is 24.0 Å². The lowest BCUT2D eigenvalue weighted by molar-refractivity contribution is 0.0827. The van der Waals surface area contributed by atoms with Crippen molar-refractivity contribution in [2.45, 2.75) is 24.9 Å². The van der Waals surface area contributed by atoms with Crippen molar-refractivity contribution >= 4 is 17.7 Å². The van der Waals surface area contributed by atoms with Gasteiger partial charge in [0.25, 0.3) is 5.91 Å². The minimum Gasteiger partial charge on any atom is -0.424 e. The molecule has 33 heavy (non-hydrogen) atoms. The van der Waals surface area contributed by atoms with E-state index in [2.05, 4.69) is 19.9 Å². The SMILES string of the molecule is CN(C)C(=O)c1ccc(Oc2nc(-c3ccc(N)nc3)nc(N3[C@@H]4CC[C@H]3COC4)n2)cc1. The summed E-state index contributed by atoms with van der Waals surface area (Å²) in [5.74, 6) is 1.87. The molecule has 0 saturated carbocycles. The van der Waals surface area contributed by atoms with E-state index in [1.165, 1.54) is 4.90 Å². The molecular weight excluding hydrogens is 422 g/mol. The normalized spacial score (nSPS) is 19.4. The third kappa shape index (κ3) is 4.29. The summed E-state index contributed by atoms with van der Waals surface area (Å²) in [6.07, 6.45) is 3.70. The quantitative estimate of drug-likeness (QED) is 0.628. The van der Waals surface area contributed by atoms with Gasteiger partial charge < -0.3 is 25.0 Å². The molecule has 2 bridgehead atoms. The summed E-state index contributed by atoms with van der Waals surface area (Å²) in [4.78, 5) is 33.9. The number of carbonyl (C=O) groups excluding carboxylic acids is 1. The van der Waals surface area contributed by atoms with E-state index in [0.717, 1.165) is 12.8 Å². The van der Waals surface area contributed by atoms with Gasteiger partial charge in [-0.15, -0.1) is 0 Å². The largest absolute Gasteiger partial charge is 0.424 e. The molecule has 2 aliphatic rings. The van der Waals surface area contributed by atoms with Gasteiger partial charge in [-0.25, -0.2) is 4.98 Å². The smallest absolute Gasteiger partial charge is 0.327 e. The number of morpholine rings is 1. The second-order valence-electron chi connectivity index (χ2n) is 8.37. The van der Waals surface area contributed by atoms with Crippen LogP contribution in [0.4, 0.5) is 11.8 Å². The Bertz CT molecular complexity index is 1140. The Morgan fingerprint density at radius 3 is 2.42 bits per heavy atom. The van der Waals surface area contributed by atoms with Crippen molar-refractivity contribution < 1.29 is 14.3 Å². The Kier molecular flexibility index (Phi) is 5.51. The maximum absolute atomic E-state index is 12.1. The minimum absolute atomic E-state index is 0.0788. The van der Waals surface area contributed by atoms with Crippen molar-refractivity contribution in [3.63, 3.8) is 0 Å². The number of amides is 1. The topological polar surface area (TPSA) is 120 Å². The standard InChI is InChI=1S/C23H25N7O3/c1-29(2)21(31)14-3-8-18(9-4-14)33-23-27-20(15-5-10-19(24)25-11-15)26-22(28-23)30-16-6-7-17(30)13-32-12-16/h3-5,8-11,16-17H,6-7,12-13H2,1-2H3,(H2,24,25)/t16-,17+. The van der Waals surface area contributed by atoms with Crippen molar-refractivity contribution in [2.24, 2.45) is 0 Å². The fourth-order valence-corrected chi connectivity index (χ4v) is 4.16. The van der Waals surface area contributed by atoms with Crippen LogP contribution in [0.15, 0.2) is 42.6 Å². The van der Waals surface area contributed by atoms with Crippen molar-refractivity contribution in [3.05, 3.63) is 48.2 Å². The molecule has 2 aromatic heterocycles. The zero-order valence-electron chi connectivity index (χ0n) is 18.5. The number of nitrogens with zero attached hydrogens (tertiary/aromatic N) is 6. The maximum atomic E-state index is 12.1. The summed E-state index contributed by atoms with van der Waals surface area (Å²) in [6, 6.07) is 11.0.